The van der Waals surface area contributed by atoms with Gasteiger partial charge < -0.3 is 8.85 Å². The quantitative estimate of drug-likeness (QED) is 0.365. The summed E-state index contributed by atoms with van der Waals surface area (Å²) in [5.41, 5.74) is 3.43. The van der Waals surface area contributed by atoms with E-state index in [0.717, 1.165) is 43.0 Å². The van der Waals surface area contributed by atoms with Crippen LogP contribution in [0.5, 0.6) is 0 Å². The van der Waals surface area contributed by atoms with Crippen LogP contribution in [0, 0.1) is 0 Å². The fourth-order valence-corrected chi connectivity index (χ4v) is 11.0. The molecular formula is C26H40O2Si2. The van der Waals surface area contributed by atoms with E-state index in [-0.39, 0.29) is 0 Å². The Morgan fingerprint density at radius 2 is 0.900 bits per heavy atom. The van der Waals surface area contributed by atoms with Gasteiger partial charge >= 0.3 is 0 Å². The molecule has 0 aliphatic carbocycles. The van der Waals surface area contributed by atoms with Crippen LogP contribution in [-0.2, 0) is 8.85 Å². The van der Waals surface area contributed by atoms with Gasteiger partial charge in [-0.25, -0.2) is 0 Å². The third-order valence-electron chi connectivity index (χ3n) is 6.64. The predicted octanol–water partition coefficient (Wildman–Crippen LogP) is 6.21. The molecule has 2 aromatic carbocycles. The highest BCUT2D eigenvalue weighted by Crippen LogP contribution is 2.24. The van der Waals surface area contributed by atoms with Crippen LogP contribution in [0.2, 0.25) is 24.2 Å². The Morgan fingerprint density at radius 1 is 0.600 bits per heavy atom. The molecule has 0 saturated heterocycles. The summed E-state index contributed by atoms with van der Waals surface area (Å²) in [7, 11) is -3.68. The predicted molar refractivity (Wildman–Crippen MR) is 137 cm³/mol. The van der Waals surface area contributed by atoms with Crippen molar-refractivity contribution in [1.29, 1.82) is 0 Å². The smallest absolute Gasteiger partial charge is 0.223 e. The van der Waals surface area contributed by atoms with Gasteiger partial charge in [0, 0.05) is 13.2 Å². The van der Waals surface area contributed by atoms with Gasteiger partial charge in [0.05, 0.1) is 0 Å². The van der Waals surface area contributed by atoms with Crippen molar-refractivity contribution >= 4 is 32.6 Å². The van der Waals surface area contributed by atoms with Gasteiger partial charge in [0.2, 0.25) is 16.6 Å². The fourth-order valence-electron chi connectivity index (χ4n) is 4.56. The summed E-state index contributed by atoms with van der Waals surface area (Å²) in [5, 5.41) is 2.78. The van der Waals surface area contributed by atoms with Gasteiger partial charge in [0.25, 0.3) is 0 Å². The monoisotopic (exact) mass is 440 g/mol. The molecule has 2 aromatic rings. The van der Waals surface area contributed by atoms with Crippen molar-refractivity contribution in [2.24, 2.45) is 0 Å². The molecule has 2 rings (SSSR count). The summed E-state index contributed by atoms with van der Waals surface area (Å²) in [6.07, 6.45) is 0. The zero-order chi connectivity index (χ0) is 22.2. The number of rotatable bonds is 12. The van der Waals surface area contributed by atoms with E-state index in [2.05, 4.69) is 96.7 Å². The van der Waals surface area contributed by atoms with E-state index < -0.39 is 16.6 Å². The van der Waals surface area contributed by atoms with Crippen molar-refractivity contribution in [3.05, 3.63) is 66.2 Å². The second-order valence-corrected chi connectivity index (χ2v) is 16.4. The lowest BCUT2D eigenvalue weighted by atomic mass is 10.00. The molecule has 0 bridgehead atoms. The zero-order valence-corrected chi connectivity index (χ0v) is 21.9. The number of benzene rings is 2. The number of hydrogen-bond donors (Lipinski definition) is 0. The Hall–Kier alpha value is -1.47. The summed E-state index contributed by atoms with van der Waals surface area (Å²) >= 11 is 0. The van der Waals surface area contributed by atoms with E-state index in [1.54, 1.807) is 0 Å². The van der Waals surface area contributed by atoms with Gasteiger partial charge in [0.1, 0.15) is 0 Å². The van der Waals surface area contributed by atoms with Crippen LogP contribution in [0.1, 0.15) is 52.7 Å². The van der Waals surface area contributed by atoms with Crippen molar-refractivity contribution in [1.82, 2.24) is 0 Å². The molecule has 0 N–H and O–H groups in total. The summed E-state index contributed by atoms with van der Waals surface area (Å²) in [6.45, 7) is 19.2. The minimum absolute atomic E-state index is 0.788. The van der Waals surface area contributed by atoms with Crippen LogP contribution in [-0.4, -0.2) is 29.8 Å². The highest BCUT2D eigenvalue weighted by molar-refractivity contribution is 6.87. The molecule has 0 radical (unpaired) electrons. The van der Waals surface area contributed by atoms with Crippen LogP contribution >= 0.6 is 0 Å². The van der Waals surface area contributed by atoms with E-state index in [0.29, 0.717) is 0 Å². The lowest BCUT2D eigenvalue weighted by molar-refractivity contribution is 0.330. The summed E-state index contributed by atoms with van der Waals surface area (Å²) in [4.78, 5) is 0. The summed E-state index contributed by atoms with van der Waals surface area (Å²) in [5.74, 6) is 0. The zero-order valence-electron chi connectivity index (χ0n) is 19.9. The van der Waals surface area contributed by atoms with Crippen molar-refractivity contribution in [2.45, 2.75) is 65.7 Å². The Bertz CT molecular complexity index is 721. The SMILES string of the molecule is C=C(c1ccc([Si](CC)(CC)OCC)cc1)c1ccc([Si](CC)(CC)OCC)cc1. The topological polar surface area (TPSA) is 18.5 Å². The Morgan fingerprint density at radius 3 is 1.13 bits per heavy atom. The first-order chi connectivity index (χ1) is 14.5. The molecule has 0 heterocycles. The first-order valence-electron chi connectivity index (χ1n) is 11.6. The van der Waals surface area contributed by atoms with Crippen molar-refractivity contribution in [3.63, 3.8) is 0 Å². The van der Waals surface area contributed by atoms with Gasteiger partial charge in [-0.15, -0.1) is 0 Å². The minimum atomic E-state index is -1.84. The van der Waals surface area contributed by atoms with Crippen LogP contribution in [0.25, 0.3) is 5.57 Å². The standard InChI is InChI=1S/C26H40O2Si2/c1-8-27-29(10-3,11-4)25-18-14-23(15-19-25)22(7)24-16-20-26(21-17-24)30(12-5,13-6)28-9-2/h14-21H,7-13H2,1-6H3. The molecule has 0 atom stereocenters. The molecule has 0 aliphatic heterocycles. The lowest BCUT2D eigenvalue weighted by Crippen LogP contribution is -2.49. The first-order valence-corrected chi connectivity index (χ1v) is 16.3. The van der Waals surface area contributed by atoms with Gasteiger partial charge in [0.15, 0.2) is 0 Å². The second-order valence-electron chi connectivity index (χ2n) is 7.90. The Kier molecular flexibility index (Phi) is 9.29. The fraction of sp³-hybridized carbons (Fsp3) is 0.462. The molecule has 0 aromatic heterocycles. The second kappa shape index (κ2) is 11.2. The van der Waals surface area contributed by atoms with Gasteiger partial charge in [-0.05, 0) is 65.1 Å². The van der Waals surface area contributed by atoms with Crippen molar-refractivity contribution < 1.29 is 8.85 Å². The third kappa shape index (κ3) is 5.05. The van der Waals surface area contributed by atoms with Crippen molar-refractivity contribution in [2.75, 3.05) is 13.2 Å². The van der Waals surface area contributed by atoms with Crippen LogP contribution in [0.15, 0.2) is 55.1 Å². The van der Waals surface area contributed by atoms with Gasteiger partial charge in [-0.3, -0.25) is 0 Å². The average Bonchev–Trinajstić information content (AvgIpc) is 2.81. The normalized spacial score (nSPS) is 12.2. The molecule has 2 nitrogen and oxygen atoms in total. The molecule has 4 heteroatoms. The lowest BCUT2D eigenvalue weighted by Gasteiger charge is -2.29. The van der Waals surface area contributed by atoms with Crippen LogP contribution in [0.3, 0.4) is 0 Å². The van der Waals surface area contributed by atoms with Crippen LogP contribution in [0.4, 0.5) is 0 Å². The highest BCUT2D eigenvalue weighted by Gasteiger charge is 2.34. The van der Waals surface area contributed by atoms with Crippen LogP contribution < -0.4 is 10.4 Å². The third-order valence-corrected chi connectivity index (χ3v) is 15.7. The Balaban J connectivity index is 2.27. The molecule has 164 valence electrons. The van der Waals surface area contributed by atoms with Gasteiger partial charge in [-0.2, -0.15) is 0 Å². The molecule has 0 aliphatic rings. The van der Waals surface area contributed by atoms with E-state index in [1.165, 1.54) is 21.5 Å². The molecule has 0 amide bonds. The molecule has 0 spiro atoms. The van der Waals surface area contributed by atoms with E-state index >= 15 is 0 Å². The molecular weight excluding hydrogens is 400 g/mol. The molecule has 30 heavy (non-hydrogen) atoms. The summed E-state index contributed by atoms with van der Waals surface area (Å²) in [6, 6.07) is 22.4. The maximum Gasteiger partial charge on any atom is 0.223 e. The van der Waals surface area contributed by atoms with E-state index in [9.17, 15) is 0 Å². The highest BCUT2D eigenvalue weighted by atomic mass is 28.4. The first kappa shape index (κ1) is 24.8. The Labute approximate surface area is 186 Å². The van der Waals surface area contributed by atoms with Gasteiger partial charge in [-0.1, -0.05) is 82.8 Å². The van der Waals surface area contributed by atoms with E-state index in [1.807, 2.05) is 0 Å². The molecule has 0 saturated carbocycles. The maximum absolute atomic E-state index is 6.29. The molecule has 0 unspecified atom stereocenters. The minimum Gasteiger partial charge on any atom is -0.413 e. The largest absolute Gasteiger partial charge is 0.413 e. The van der Waals surface area contributed by atoms with E-state index in [4.69, 9.17) is 8.85 Å². The summed E-state index contributed by atoms with van der Waals surface area (Å²) < 4.78 is 12.6. The molecule has 0 fully saturated rings. The average molecular weight is 441 g/mol. The number of hydrogen-bond acceptors (Lipinski definition) is 2. The van der Waals surface area contributed by atoms with Crippen molar-refractivity contribution in [3.8, 4) is 0 Å². The maximum atomic E-state index is 6.29.